The van der Waals surface area contributed by atoms with E-state index >= 15 is 0 Å². The van der Waals surface area contributed by atoms with Crippen molar-refractivity contribution >= 4 is 5.69 Å². The predicted octanol–water partition coefficient (Wildman–Crippen LogP) is 3.40. The van der Waals surface area contributed by atoms with Gasteiger partial charge in [-0.1, -0.05) is 30.3 Å². The molecule has 0 saturated carbocycles. The van der Waals surface area contributed by atoms with Crippen molar-refractivity contribution in [2.75, 3.05) is 45.3 Å². The van der Waals surface area contributed by atoms with Gasteiger partial charge in [-0.3, -0.25) is 4.90 Å². The topological polar surface area (TPSA) is 24.9 Å². The molecule has 1 saturated heterocycles. The van der Waals surface area contributed by atoms with Gasteiger partial charge in [0.25, 0.3) is 0 Å². The summed E-state index contributed by atoms with van der Waals surface area (Å²) in [5, 5.41) is 0. The van der Waals surface area contributed by atoms with Crippen LogP contribution in [0.4, 0.5) is 5.69 Å². The van der Waals surface area contributed by atoms with E-state index in [9.17, 15) is 0 Å². The third-order valence-corrected chi connectivity index (χ3v) is 4.67. The summed E-state index contributed by atoms with van der Waals surface area (Å²) in [6.07, 6.45) is 0. The van der Waals surface area contributed by atoms with E-state index in [4.69, 9.17) is 9.47 Å². The lowest BCUT2D eigenvalue weighted by Crippen LogP contribution is -2.47. The highest BCUT2D eigenvalue weighted by atomic mass is 16.5. The van der Waals surface area contributed by atoms with Crippen LogP contribution >= 0.6 is 0 Å². The molecule has 0 aliphatic carbocycles. The molecule has 1 radical (unpaired) electrons. The second-order valence-corrected chi connectivity index (χ2v) is 5.99. The van der Waals surface area contributed by atoms with E-state index < -0.39 is 0 Å². The first kappa shape index (κ1) is 16.7. The third kappa shape index (κ3) is 3.49. The number of hydrogen-bond acceptors (Lipinski definition) is 4. The van der Waals surface area contributed by atoms with Crippen LogP contribution in [0, 0.1) is 6.92 Å². The standard InChI is InChI=1S/C20H25N2O2/c1-16(17-7-5-4-6-8-17)21-11-13-22(14-12-21)19-10-9-18(23-2)15-20(19)24-3/h4-10,15-16H,1,11-14H2,2-3H3. The molecular weight excluding hydrogens is 300 g/mol. The molecule has 1 heterocycles. The third-order valence-electron chi connectivity index (χ3n) is 4.67. The Labute approximate surface area is 144 Å². The van der Waals surface area contributed by atoms with E-state index in [-0.39, 0.29) is 6.04 Å². The Hall–Kier alpha value is -2.20. The van der Waals surface area contributed by atoms with Crippen LogP contribution in [0.3, 0.4) is 0 Å². The number of piperazine rings is 1. The Kier molecular flexibility index (Phi) is 5.26. The van der Waals surface area contributed by atoms with Gasteiger partial charge in [0.1, 0.15) is 11.5 Å². The fraction of sp³-hybridized carbons (Fsp3) is 0.350. The summed E-state index contributed by atoms with van der Waals surface area (Å²) in [6, 6.07) is 16.7. The summed E-state index contributed by atoms with van der Waals surface area (Å²) in [6.45, 7) is 8.24. The SMILES string of the molecule is [CH2]C(c1ccccc1)N1CCN(c2ccc(OC)cc2OC)CC1. The van der Waals surface area contributed by atoms with Gasteiger partial charge in [0, 0.05) is 38.3 Å². The summed E-state index contributed by atoms with van der Waals surface area (Å²) < 4.78 is 10.8. The van der Waals surface area contributed by atoms with Gasteiger partial charge < -0.3 is 14.4 Å². The lowest BCUT2D eigenvalue weighted by Gasteiger charge is -2.39. The highest BCUT2D eigenvalue weighted by molar-refractivity contribution is 5.61. The minimum absolute atomic E-state index is 0.200. The lowest BCUT2D eigenvalue weighted by atomic mass is 10.1. The van der Waals surface area contributed by atoms with E-state index in [2.05, 4.69) is 47.1 Å². The molecule has 0 aromatic heterocycles. The fourth-order valence-electron chi connectivity index (χ4n) is 3.21. The molecule has 1 aliphatic heterocycles. The van der Waals surface area contributed by atoms with Gasteiger partial charge in [-0.15, -0.1) is 0 Å². The minimum Gasteiger partial charge on any atom is -0.497 e. The number of ether oxygens (including phenoxy) is 2. The molecule has 24 heavy (non-hydrogen) atoms. The molecule has 1 fully saturated rings. The Bertz CT molecular complexity index is 652. The van der Waals surface area contributed by atoms with Crippen LogP contribution in [-0.4, -0.2) is 45.3 Å². The summed E-state index contributed by atoms with van der Waals surface area (Å²) in [4.78, 5) is 4.80. The Morgan fingerprint density at radius 1 is 0.917 bits per heavy atom. The molecule has 4 heteroatoms. The Morgan fingerprint density at radius 2 is 1.62 bits per heavy atom. The van der Waals surface area contributed by atoms with Crippen molar-refractivity contribution in [2.24, 2.45) is 0 Å². The summed E-state index contributed by atoms with van der Waals surface area (Å²) >= 11 is 0. The van der Waals surface area contributed by atoms with Gasteiger partial charge in [-0.25, -0.2) is 0 Å². The lowest BCUT2D eigenvalue weighted by molar-refractivity contribution is 0.215. The van der Waals surface area contributed by atoms with Crippen LogP contribution in [-0.2, 0) is 0 Å². The number of hydrogen-bond donors (Lipinski definition) is 0. The molecule has 3 rings (SSSR count). The monoisotopic (exact) mass is 325 g/mol. The largest absolute Gasteiger partial charge is 0.497 e. The maximum atomic E-state index is 5.54. The van der Waals surface area contributed by atoms with Crippen LogP contribution in [0.2, 0.25) is 0 Å². The first-order valence-corrected chi connectivity index (χ1v) is 8.32. The summed E-state index contributed by atoms with van der Waals surface area (Å²) in [7, 11) is 3.38. The first-order chi connectivity index (χ1) is 11.7. The van der Waals surface area contributed by atoms with Crippen molar-refractivity contribution in [2.45, 2.75) is 6.04 Å². The Morgan fingerprint density at radius 3 is 2.25 bits per heavy atom. The molecule has 0 spiro atoms. The molecule has 127 valence electrons. The predicted molar refractivity (Wildman–Crippen MR) is 97.9 cm³/mol. The van der Waals surface area contributed by atoms with Crippen LogP contribution in [0.1, 0.15) is 11.6 Å². The van der Waals surface area contributed by atoms with E-state index in [1.165, 1.54) is 5.56 Å². The van der Waals surface area contributed by atoms with E-state index in [0.717, 1.165) is 43.4 Å². The molecule has 2 aromatic carbocycles. The zero-order valence-electron chi connectivity index (χ0n) is 14.4. The van der Waals surface area contributed by atoms with E-state index in [1.54, 1.807) is 14.2 Å². The van der Waals surface area contributed by atoms with Gasteiger partial charge in [-0.05, 0) is 24.6 Å². The highest BCUT2D eigenvalue weighted by Crippen LogP contribution is 2.33. The van der Waals surface area contributed by atoms with Gasteiger partial charge in [0.2, 0.25) is 0 Å². The van der Waals surface area contributed by atoms with E-state index in [0.29, 0.717) is 0 Å². The van der Waals surface area contributed by atoms with Gasteiger partial charge in [0.05, 0.1) is 19.9 Å². The second-order valence-electron chi connectivity index (χ2n) is 5.99. The molecule has 0 N–H and O–H groups in total. The minimum atomic E-state index is 0.200. The number of benzene rings is 2. The summed E-state index contributed by atoms with van der Waals surface area (Å²) in [5.74, 6) is 1.67. The van der Waals surface area contributed by atoms with Crippen molar-refractivity contribution in [1.82, 2.24) is 4.90 Å². The first-order valence-electron chi connectivity index (χ1n) is 8.32. The molecule has 4 nitrogen and oxygen atoms in total. The van der Waals surface area contributed by atoms with E-state index in [1.807, 2.05) is 18.2 Å². The van der Waals surface area contributed by atoms with Gasteiger partial charge >= 0.3 is 0 Å². The molecule has 2 aromatic rings. The maximum Gasteiger partial charge on any atom is 0.145 e. The molecule has 0 bridgehead atoms. The zero-order chi connectivity index (χ0) is 16.9. The van der Waals surface area contributed by atoms with Gasteiger partial charge in [-0.2, -0.15) is 0 Å². The average molecular weight is 325 g/mol. The summed E-state index contributed by atoms with van der Waals surface area (Å²) in [5.41, 5.74) is 2.39. The smallest absolute Gasteiger partial charge is 0.145 e. The van der Waals surface area contributed by atoms with Gasteiger partial charge in [0.15, 0.2) is 0 Å². The normalized spacial score (nSPS) is 16.7. The quantitative estimate of drug-likeness (QED) is 0.841. The van der Waals surface area contributed by atoms with Crippen LogP contribution in [0.15, 0.2) is 48.5 Å². The zero-order valence-corrected chi connectivity index (χ0v) is 14.4. The van der Waals surface area contributed by atoms with Crippen LogP contribution < -0.4 is 14.4 Å². The number of nitrogens with zero attached hydrogens (tertiary/aromatic N) is 2. The highest BCUT2D eigenvalue weighted by Gasteiger charge is 2.23. The maximum absolute atomic E-state index is 5.54. The van der Waals surface area contributed by atoms with Crippen molar-refractivity contribution in [1.29, 1.82) is 0 Å². The molecular formula is C20H25N2O2. The van der Waals surface area contributed by atoms with Crippen molar-refractivity contribution in [3.05, 3.63) is 61.0 Å². The molecule has 0 amide bonds. The number of anilines is 1. The van der Waals surface area contributed by atoms with Crippen molar-refractivity contribution in [3.8, 4) is 11.5 Å². The fourth-order valence-corrected chi connectivity index (χ4v) is 3.21. The van der Waals surface area contributed by atoms with Crippen molar-refractivity contribution < 1.29 is 9.47 Å². The number of methoxy groups -OCH3 is 2. The Balaban J connectivity index is 1.67. The molecule has 1 aliphatic rings. The van der Waals surface area contributed by atoms with Crippen molar-refractivity contribution in [3.63, 3.8) is 0 Å². The average Bonchev–Trinajstić information content (AvgIpc) is 2.67. The molecule has 1 atom stereocenters. The van der Waals surface area contributed by atoms with Crippen LogP contribution in [0.25, 0.3) is 0 Å². The number of rotatable bonds is 5. The second kappa shape index (κ2) is 7.58. The van der Waals surface area contributed by atoms with Crippen LogP contribution in [0.5, 0.6) is 11.5 Å². The molecule has 1 unspecified atom stereocenters.